The van der Waals surface area contributed by atoms with Gasteiger partial charge in [0.25, 0.3) is 10.0 Å². The Labute approximate surface area is 88.7 Å². The van der Waals surface area contributed by atoms with Gasteiger partial charge in [-0.3, -0.25) is 0 Å². The Morgan fingerprint density at radius 2 is 1.93 bits per heavy atom. The first-order chi connectivity index (χ1) is 7.00. The summed E-state index contributed by atoms with van der Waals surface area (Å²) in [5.74, 6) is -3.31. The van der Waals surface area contributed by atoms with Crippen LogP contribution < -0.4 is 5.32 Å². The van der Waals surface area contributed by atoms with Gasteiger partial charge in [-0.25, -0.2) is 8.42 Å². The molecule has 1 saturated heterocycles. The van der Waals surface area contributed by atoms with Crippen LogP contribution in [0, 0.1) is 0 Å². The van der Waals surface area contributed by atoms with E-state index in [0.717, 1.165) is 4.31 Å². The number of nitrogens with one attached hydrogen (secondary N) is 1. The fourth-order valence-corrected chi connectivity index (χ4v) is 3.03. The molecule has 4 nitrogen and oxygen atoms in total. The molecule has 0 atom stereocenters. The van der Waals surface area contributed by atoms with Crippen molar-refractivity contribution < 1.29 is 17.2 Å². The number of piperidine rings is 1. The van der Waals surface area contributed by atoms with Gasteiger partial charge in [-0.05, 0) is 25.9 Å². The Morgan fingerprint density at radius 1 is 1.40 bits per heavy atom. The lowest BCUT2D eigenvalue weighted by Crippen LogP contribution is -2.47. The third-order valence-corrected chi connectivity index (χ3v) is 4.24. The summed E-state index contributed by atoms with van der Waals surface area (Å²) in [5, 5.41) is 3.07. The van der Waals surface area contributed by atoms with E-state index in [1.165, 1.54) is 0 Å². The maximum absolute atomic E-state index is 12.4. The highest BCUT2D eigenvalue weighted by Gasteiger charge is 2.36. The summed E-state index contributed by atoms with van der Waals surface area (Å²) < 4.78 is 48.3. The quantitative estimate of drug-likeness (QED) is 0.786. The van der Waals surface area contributed by atoms with Gasteiger partial charge in [0.05, 0.1) is 0 Å². The average Bonchev–Trinajstić information content (AvgIpc) is 2.19. The van der Waals surface area contributed by atoms with Crippen LogP contribution in [-0.2, 0) is 10.0 Å². The second-order valence-electron chi connectivity index (χ2n) is 3.49. The Hall–Kier alpha value is -0.270. The maximum Gasteiger partial charge on any atom is 0.350 e. The van der Waals surface area contributed by atoms with Crippen molar-refractivity contribution in [2.45, 2.75) is 31.6 Å². The molecule has 0 spiro atoms. The molecule has 1 aliphatic rings. The molecule has 0 unspecified atom stereocenters. The van der Waals surface area contributed by atoms with E-state index in [9.17, 15) is 17.2 Å². The number of hydrogen-bond donors (Lipinski definition) is 1. The zero-order chi connectivity index (χ0) is 11.5. The molecule has 1 rings (SSSR count). The van der Waals surface area contributed by atoms with Crippen molar-refractivity contribution >= 4 is 10.0 Å². The minimum absolute atomic E-state index is 0.108. The molecule has 1 aliphatic heterocycles. The van der Waals surface area contributed by atoms with Crippen LogP contribution in [0.3, 0.4) is 0 Å². The molecule has 1 heterocycles. The predicted molar refractivity (Wildman–Crippen MR) is 53.2 cm³/mol. The molecule has 0 radical (unpaired) electrons. The number of halogens is 2. The van der Waals surface area contributed by atoms with Gasteiger partial charge >= 0.3 is 5.76 Å². The number of hydrogen-bond acceptors (Lipinski definition) is 3. The zero-order valence-electron chi connectivity index (χ0n) is 8.62. The number of rotatable bonds is 4. The van der Waals surface area contributed by atoms with Crippen molar-refractivity contribution in [2.24, 2.45) is 0 Å². The van der Waals surface area contributed by atoms with E-state index >= 15 is 0 Å². The number of alkyl halides is 2. The molecule has 0 saturated carbocycles. The van der Waals surface area contributed by atoms with Crippen molar-refractivity contribution in [1.29, 1.82) is 0 Å². The van der Waals surface area contributed by atoms with Gasteiger partial charge in [0.15, 0.2) is 0 Å². The molecule has 0 aromatic heterocycles. The van der Waals surface area contributed by atoms with Gasteiger partial charge < -0.3 is 5.32 Å². The Kier molecular flexibility index (Phi) is 4.42. The molecule has 0 aromatic rings. The van der Waals surface area contributed by atoms with Crippen LogP contribution in [0.1, 0.15) is 19.8 Å². The molecule has 1 fully saturated rings. The first-order valence-electron chi connectivity index (χ1n) is 4.99. The Morgan fingerprint density at radius 3 is 2.33 bits per heavy atom. The first kappa shape index (κ1) is 12.8. The van der Waals surface area contributed by atoms with E-state index in [1.807, 2.05) is 0 Å². The minimum atomic E-state index is -4.42. The SMILES string of the molecule is CCN(C1CCNCC1)S(=O)(=O)C(F)F. The summed E-state index contributed by atoms with van der Waals surface area (Å²) in [6.45, 7) is 3.05. The highest BCUT2D eigenvalue weighted by molar-refractivity contribution is 7.89. The van der Waals surface area contributed by atoms with Gasteiger partial charge in [-0.15, -0.1) is 0 Å². The first-order valence-corrected chi connectivity index (χ1v) is 6.50. The molecule has 7 heteroatoms. The van der Waals surface area contributed by atoms with Crippen molar-refractivity contribution in [2.75, 3.05) is 19.6 Å². The zero-order valence-corrected chi connectivity index (χ0v) is 9.43. The number of sulfonamides is 1. The summed E-state index contributed by atoms with van der Waals surface area (Å²) >= 11 is 0. The highest BCUT2D eigenvalue weighted by Crippen LogP contribution is 2.20. The summed E-state index contributed by atoms with van der Waals surface area (Å²) in [7, 11) is -4.42. The third-order valence-electron chi connectivity index (χ3n) is 2.58. The highest BCUT2D eigenvalue weighted by atomic mass is 32.2. The number of nitrogens with zero attached hydrogens (tertiary/aromatic N) is 1. The summed E-state index contributed by atoms with van der Waals surface area (Å²) in [4.78, 5) is 0. The molecule has 0 bridgehead atoms. The minimum Gasteiger partial charge on any atom is -0.317 e. The van der Waals surface area contributed by atoms with Gasteiger partial charge in [-0.1, -0.05) is 6.92 Å². The van der Waals surface area contributed by atoms with Crippen molar-refractivity contribution in [1.82, 2.24) is 9.62 Å². The van der Waals surface area contributed by atoms with Crippen LogP contribution >= 0.6 is 0 Å². The maximum atomic E-state index is 12.4. The largest absolute Gasteiger partial charge is 0.350 e. The smallest absolute Gasteiger partial charge is 0.317 e. The molecule has 15 heavy (non-hydrogen) atoms. The third kappa shape index (κ3) is 2.85. The molecule has 0 aromatic carbocycles. The fourth-order valence-electron chi connectivity index (χ4n) is 1.84. The molecule has 0 aliphatic carbocycles. The summed E-state index contributed by atoms with van der Waals surface area (Å²) in [6, 6.07) is -0.282. The summed E-state index contributed by atoms with van der Waals surface area (Å²) in [6.07, 6.45) is 1.19. The topological polar surface area (TPSA) is 49.4 Å². The molecular weight excluding hydrogens is 226 g/mol. The fraction of sp³-hybridized carbons (Fsp3) is 1.00. The van der Waals surface area contributed by atoms with Crippen LogP contribution in [-0.4, -0.2) is 44.2 Å². The van der Waals surface area contributed by atoms with Gasteiger partial charge in [0.1, 0.15) is 0 Å². The van der Waals surface area contributed by atoms with Crippen molar-refractivity contribution in [3.05, 3.63) is 0 Å². The normalized spacial score (nSPS) is 20.1. The van der Waals surface area contributed by atoms with E-state index in [2.05, 4.69) is 5.32 Å². The van der Waals surface area contributed by atoms with E-state index in [0.29, 0.717) is 25.9 Å². The van der Waals surface area contributed by atoms with Crippen LogP contribution in [0.5, 0.6) is 0 Å². The summed E-state index contributed by atoms with van der Waals surface area (Å²) in [5.41, 5.74) is 0. The van der Waals surface area contributed by atoms with Gasteiger partial charge in [0, 0.05) is 12.6 Å². The van der Waals surface area contributed by atoms with Crippen LogP contribution in [0.2, 0.25) is 0 Å². The van der Waals surface area contributed by atoms with E-state index in [-0.39, 0.29) is 12.6 Å². The second-order valence-corrected chi connectivity index (χ2v) is 5.35. The van der Waals surface area contributed by atoms with E-state index < -0.39 is 15.8 Å². The monoisotopic (exact) mass is 242 g/mol. The van der Waals surface area contributed by atoms with Crippen molar-refractivity contribution in [3.63, 3.8) is 0 Å². The lowest BCUT2D eigenvalue weighted by molar-refractivity contribution is 0.200. The Balaban J connectivity index is 2.78. The average molecular weight is 242 g/mol. The van der Waals surface area contributed by atoms with Crippen LogP contribution in [0.4, 0.5) is 8.78 Å². The standard InChI is InChI=1S/C8H16F2N2O2S/c1-2-12(15(13,14)8(9)10)7-3-5-11-6-4-7/h7-8,11H,2-6H2,1H3. The van der Waals surface area contributed by atoms with E-state index in [4.69, 9.17) is 0 Å². The lowest BCUT2D eigenvalue weighted by atomic mass is 10.1. The van der Waals surface area contributed by atoms with Gasteiger partial charge in [0.2, 0.25) is 0 Å². The lowest BCUT2D eigenvalue weighted by Gasteiger charge is -2.32. The van der Waals surface area contributed by atoms with Gasteiger partial charge in [-0.2, -0.15) is 13.1 Å². The second kappa shape index (κ2) is 5.18. The van der Waals surface area contributed by atoms with Crippen LogP contribution in [0.15, 0.2) is 0 Å². The van der Waals surface area contributed by atoms with Crippen LogP contribution in [0.25, 0.3) is 0 Å². The van der Waals surface area contributed by atoms with E-state index in [1.54, 1.807) is 6.92 Å². The van der Waals surface area contributed by atoms with Crippen molar-refractivity contribution in [3.8, 4) is 0 Å². The Bertz CT molecular complexity index is 289. The molecule has 0 amide bonds. The molecule has 90 valence electrons. The predicted octanol–water partition coefficient (Wildman–Crippen LogP) is 0.613. The molecular formula is C8H16F2N2O2S. The molecule has 1 N–H and O–H groups in total.